The molecule has 0 saturated carbocycles. The summed E-state index contributed by atoms with van der Waals surface area (Å²) in [5.74, 6) is 0.561. The molecule has 0 amide bonds. The summed E-state index contributed by atoms with van der Waals surface area (Å²) < 4.78 is 13.1. The summed E-state index contributed by atoms with van der Waals surface area (Å²) in [4.78, 5) is 10.00. The Bertz CT molecular complexity index is 653. The fraction of sp³-hybridized carbons (Fsp3) is 0.412. The number of nitrogens with zero attached hydrogens (tertiary/aromatic N) is 2. The van der Waals surface area contributed by atoms with E-state index in [0.717, 1.165) is 41.6 Å². The molecule has 7 heteroatoms. The maximum absolute atomic E-state index is 13.1. The van der Waals surface area contributed by atoms with Crippen molar-refractivity contribution in [2.24, 2.45) is 4.99 Å². The first-order valence-electron chi connectivity index (χ1n) is 7.70. The number of nitrogens with one attached hydrogen (secondary N) is 2. The number of aliphatic imine (C=N–C) groups is 1. The summed E-state index contributed by atoms with van der Waals surface area (Å²) in [5.41, 5.74) is 2.09. The van der Waals surface area contributed by atoms with E-state index in [1.807, 2.05) is 13.0 Å². The maximum atomic E-state index is 13.1. The van der Waals surface area contributed by atoms with Crippen LogP contribution in [0.4, 0.5) is 4.39 Å². The number of benzene rings is 1. The number of hydrogen-bond donors (Lipinski definition) is 2. The van der Waals surface area contributed by atoms with E-state index >= 15 is 0 Å². The van der Waals surface area contributed by atoms with Crippen LogP contribution in [0.15, 0.2) is 29.3 Å². The molecule has 1 aromatic heterocycles. The van der Waals surface area contributed by atoms with Crippen LogP contribution in [0.5, 0.6) is 0 Å². The van der Waals surface area contributed by atoms with Crippen molar-refractivity contribution in [3.8, 4) is 0 Å². The third-order valence-electron chi connectivity index (χ3n) is 3.52. The fourth-order valence-corrected chi connectivity index (χ4v) is 3.11. The fourth-order valence-electron chi connectivity index (χ4n) is 2.17. The summed E-state index contributed by atoms with van der Waals surface area (Å²) >= 11 is 1.74. The summed E-state index contributed by atoms with van der Waals surface area (Å²) in [6, 6.07) is 6.67. The number of thiazole rings is 1. The quantitative estimate of drug-likeness (QED) is 0.393. The minimum absolute atomic E-state index is 0. The molecule has 24 heavy (non-hydrogen) atoms. The highest BCUT2D eigenvalue weighted by Gasteiger charge is 2.04. The Balaban J connectivity index is 0.00000288. The second-order valence-corrected chi connectivity index (χ2v) is 6.59. The van der Waals surface area contributed by atoms with Crippen LogP contribution < -0.4 is 10.6 Å². The molecule has 2 N–H and O–H groups in total. The summed E-state index contributed by atoms with van der Waals surface area (Å²) in [6.07, 6.45) is 1.63. The van der Waals surface area contributed by atoms with Gasteiger partial charge in [-0.1, -0.05) is 12.1 Å². The van der Waals surface area contributed by atoms with Crippen LogP contribution in [0.2, 0.25) is 0 Å². The molecule has 0 saturated heterocycles. The lowest BCUT2D eigenvalue weighted by Gasteiger charge is -2.11. The van der Waals surface area contributed by atoms with E-state index in [0.29, 0.717) is 6.54 Å². The minimum Gasteiger partial charge on any atom is -0.356 e. The Morgan fingerprint density at radius 3 is 2.50 bits per heavy atom. The third-order valence-corrected chi connectivity index (χ3v) is 4.66. The molecule has 0 spiro atoms. The lowest BCUT2D eigenvalue weighted by molar-refractivity contribution is 0.625. The van der Waals surface area contributed by atoms with Gasteiger partial charge in [-0.25, -0.2) is 9.37 Å². The molecule has 132 valence electrons. The first-order chi connectivity index (χ1) is 11.1. The van der Waals surface area contributed by atoms with Gasteiger partial charge in [-0.2, -0.15) is 0 Å². The van der Waals surface area contributed by atoms with Crippen molar-refractivity contribution in [1.29, 1.82) is 0 Å². The zero-order valence-electron chi connectivity index (χ0n) is 14.2. The number of aryl methyl sites for hydroxylation is 2. The lowest BCUT2D eigenvalue weighted by atomic mass is 10.1. The van der Waals surface area contributed by atoms with Gasteiger partial charge >= 0.3 is 0 Å². The standard InChI is InChI=1S/C17H23FN4S.HI/c1-12-13(2)23-16(22-12)8-10-21-17(19-3)20-9-7-14-5-4-6-15(18)11-14;/h4-6,11H,7-10H2,1-3H3,(H2,19,20,21);1H. The monoisotopic (exact) mass is 462 g/mol. The second-order valence-electron chi connectivity index (χ2n) is 5.30. The van der Waals surface area contributed by atoms with Crippen molar-refractivity contribution < 1.29 is 4.39 Å². The van der Waals surface area contributed by atoms with E-state index < -0.39 is 0 Å². The summed E-state index contributed by atoms with van der Waals surface area (Å²) in [7, 11) is 1.75. The van der Waals surface area contributed by atoms with Gasteiger partial charge in [0.2, 0.25) is 0 Å². The van der Waals surface area contributed by atoms with Crippen LogP contribution in [0, 0.1) is 19.7 Å². The Kier molecular flexibility index (Phi) is 9.20. The van der Waals surface area contributed by atoms with Gasteiger partial charge in [0.1, 0.15) is 5.82 Å². The van der Waals surface area contributed by atoms with Crippen molar-refractivity contribution >= 4 is 41.3 Å². The molecule has 0 aliphatic rings. The van der Waals surface area contributed by atoms with E-state index in [-0.39, 0.29) is 29.8 Å². The second kappa shape index (κ2) is 10.6. The van der Waals surface area contributed by atoms with Crippen molar-refractivity contribution in [3.63, 3.8) is 0 Å². The Morgan fingerprint density at radius 1 is 1.21 bits per heavy atom. The smallest absolute Gasteiger partial charge is 0.191 e. The Labute approximate surface area is 164 Å². The van der Waals surface area contributed by atoms with E-state index in [9.17, 15) is 4.39 Å². The van der Waals surface area contributed by atoms with Gasteiger partial charge in [0.25, 0.3) is 0 Å². The molecule has 2 rings (SSSR count). The average molecular weight is 462 g/mol. The minimum atomic E-state index is -0.195. The zero-order chi connectivity index (χ0) is 16.7. The molecule has 0 aliphatic heterocycles. The highest BCUT2D eigenvalue weighted by Crippen LogP contribution is 2.16. The van der Waals surface area contributed by atoms with Gasteiger partial charge in [-0.05, 0) is 38.0 Å². The van der Waals surface area contributed by atoms with Crippen molar-refractivity contribution in [1.82, 2.24) is 15.6 Å². The number of guanidine groups is 1. The van der Waals surface area contributed by atoms with E-state index in [4.69, 9.17) is 0 Å². The maximum Gasteiger partial charge on any atom is 0.191 e. The van der Waals surface area contributed by atoms with Gasteiger partial charge in [0, 0.05) is 31.4 Å². The average Bonchev–Trinajstić information content (AvgIpc) is 2.84. The van der Waals surface area contributed by atoms with Crippen LogP contribution in [0.25, 0.3) is 0 Å². The number of aromatic nitrogens is 1. The van der Waals surface area contributed by atoms with Crippen LogP contribution in [-0.4, -0.2) is 31.1 Å². The third kappa shape index (κ3) is 6.72. The zero-order valence-corrected chi connectivity index (χ0v) is 17.4. The predicted octanol–water partition coefficient (Wildman–Crippen LogP) is 3.47. The van der Waals surface area contributed by atoms with Gasteiger partial charge < -0.3 is 10.6 Å². The van der Waals surface area contributed by atoms with E-state index in [1.54, 1.807) is 30.5 Å². The summed E-state index contributed by atoms with van der Waals surface area (Å²) in [5, 5.41) is 7.66. The normalized spacial score (nSPS) is 11.1. The topological polar surface area (TPSA) is 49.3 Å². The highest BCUT2D eigenvalue weighted by molar-refractivity contribution is 14.0. The van der Waals surface area contributed by atoms with Gasteiger partial charge in [-0.15, -0.1) is 35.3 Å². The van der Waals surface area contributed by atoms with Crippen molar-refractivity contribution in [2.45, 2.75) is 26.7 Å². The summed E-state index contributed by atoms with van der Waals surface area (Å²) in [6.45, 7) is 5.62. The molecule has 0 radical (unpaired) electrons. The number of halogens is 2. The first-order valence-corrected chi connectivity index (χ1v) is 8.52. The predicted molar refractivity (Wildman–Crippen MR) is 110 cm³/mol. The van der Waals surface area contributed by atoms with Crippen LogP contribution in [0.1, 0.15) is 21.1 Å². The molecule has 1 heterocycles. The first kappa shape index (κ1) is 20.8. The number of hydrogen-bond acceptors (Lipinski definition) is 3. The molecule has 0 fully saturated rings. The lowest BCUT2D eigenvalue weighted by Crippen LogP contribution is -2.39. The SMILES string of the molecule is CN=C(NCCc1cccc(F)c1)NCCc1nc(C)c(C)s1.I. The van der Waals surface area contributed by atoms with Crippen LogP contribution in [-0.2, 0) is 12.8 Å². The molecule has 0 bridgehead atoms. The molecule has 0 atom stereocenters. The largest absolute Gasteiger partial charge is 0.356 e. The van der Waals surface area contributed by atoms with Crippen LogP contribution >= 0.6 is 35.3 Å². The number of rotatable bonds is 6. The molecule has 2 aromatic rings. The molecular weight excluding hydrogens is 438 g/mol. The van der Waals surface area contributed by atoms with E-state index in [2.05, 4.69) is 27.5 Å². The van der Waals surface area contributed by atoms with Gasteiger partial charge in [0.05, 0.1) is 10.7 Å². The molecular formula is C17H24FIN4S. The molecule has 1 aromatic carbocycles. The highest BCUT2D eigenvalue weighted by atomic mass is 127. The molecule has 0 aliphatic carbocycles. The van der Waals surface area contributed by atoms with Gasteiger partial charge in [0.15, 0.2) is 5.96 Å². The molecule has 4 nitrogen and oxygen atoms in total. The van der Waals surface area contributed by atoms with E-state index in [1.165, 1.54) is 10.9 Å². The Morgan fingerprint density at radius 2 is 1.92 bits per heavy atom. The molecule has 0 unspecified atom stereocenters. The van der Waals surface area contributed by atoms with Crippen molar-refractivity contribution in [3.05, 3.63) is 51.2 Å². The van der Waals surface area contributed by atoms with Crippen molar-refractivity contribution in [2.75, 3.05) is 20.1 Å². The van der Waals surface area contributed by atoms with Crippen LogP contribution in [0.3, 0.4) is 0 Å². The Hall–Kier alpha value is -1.22. The van der Waals surface area contributed by atoms with Gasteiger partial charge in [-0.3, -0.25) is 4.99 Å².